The van der Waals surface area contributed by atoms with Crippen LogP contribution >= 0.6 is 0 Å². The maximum absolute atomic E-state index is 13.5. The van der Waals surface area contributed by atoms with E-state index in [1.54, 1.807) is 29.7 Å². The highest BCUT2D eigenvalue weighted by Gasteiger charge is 2.31. The summed E-state index contributed by atoms with van der Waals surface area (Å²) in [7, 11) is -0.500. The summed E-state index contributed by atoms with van der Waals surface area (Å²) in [5, 5.41) is 4.22. The maximum atomic E-state index is 13.5. The molecule has 1 atom stereocenters. The predicted octanol–water partition coefficient (Wildman–Crippen LogP) is 2.18. The first-order chi connectivity index (χ1) is 13.2. The molecular formula is C19H25FN4O3S. The molecule has 1 aromatic heterocycles. The van der Waals surface area contributed by atoms with Crippen molar-refractivity contribution < 1.29 is 17.6 Å². The van der Waals surface area contributed by atoms with Crippen molar-refractivity contribution in [3.63, 3.8) is 0 Å². The highest BCUT2D eigenvalue weighted by molar-refractivity contribution is 7.89. The molecule has 0 saturated carbocycles. The number of carbonyl (C=O) groups is 1. The van der Waals surface area contributed by atoms with Crippen LogP contribution in [0.4, 0.5) is 4.39 Å². The van der Waals surface area contributed by atoms with Crippen molar-refractivity contribution in [2.75, 3.05) is 20.1 Å². The number of carbonyl (C=O) groups excluding carboxylic acids is 1. The number of hydrogen-bond acceptors (Lipinski definition) is 4. The summed E-state index contributed by atoms with van der Waals surface area (Å²) in [4.78, 5) is 14.5. The fraction of sp³-hybridized carbons (Fsp3) is 0.474. The van der Waals surface area contributed by atoms with E-state index in [0.717, 1.165) is 6.07 Å². The van der Waals surface area contributed by atoms with Crippen molar-refractivity contribution in [3.05, 3.63) is 47.5 Å². The lowest BCUT2D eigenvalue weighted by Crippen LogP contribution is -2.38. The van der Waals surface area contributed by atoms with Crippen LogP contribution < -0.4 is 0 Å². The summed E-state index contributed by atoms with van der Waals surface area (Å²) in [6, 6.07) is 4.78. The lowest BCUT2D eigenvalue weighted by atomic mass is 10.1. The molecule has 0 spiro atoms. The molecule has 1 amide bonds. The number of amides is 1. The Morgan fingerprint density at radius 1 is 1.29 bits per heavy atom. The van der Waals surface area contributed by atoms with Crippen molar-refractivity contribution >= 4 is 15.9 Å². The van der Waals surface area contributed by atoms with E-state index in [9.17, 15) is 17.6 Å². The molecule has 1 unspecified atom stereocenters. The third-order valence-corrected chi connectivity index (χ3v) is 7.12. The number of aryl methyl sites for hydroxylation is 2. The molecule has 0 radical (unpaired) electrons. The second-order valence-corrected chi connectivity index (χ2v) is 9.15. The van der Waals surface area contributed by atoms with Crippen LogP contribution in [0, 0.1) is 12.7 Å². The van der Waals surface area contributed by atoms with Crippen LogP contribution in [0.1, 0.15) is 35.3 Å². The smallest absolute Gasteiger partial charge is 0.257 e. The highest BCUT2D eigenvalue weighted by Crippen LogP contribution is 2.24. The molecule has 2 aromatic rings. The number of halogens is 1. The fourth-order valence-electron chi connectivity index (χ4n) is 3.62. The Hall–Kier alpha value is -2.26. The monoisotopic (exact) mass is 408 g/mol. The Bertz CT molecular complexity index is 973. The van der Waals surface area contributed by atoms with E-state index in [0.29, 0.717) is 43.6 Å². The van der Waals surface area contributed by atoms with E-state index >= 15 is 0 Å². The van der Waals surface area contributed by atoms with E-state index < -0.39 is 15.8 Å². The molecule has 152 valence electrons. The van der Waals surface area contributed by atoms with Crippen LogP contribution in [-0.4, -0.2) is 59.5 Å². The van der Waals surface area contributed by atoms with Crippen LogP contribution in [0.2, 0.25) is 0 Å². The normalized spacial score (nSPS) is 18.3. The van der Waals surface area contributed by atoms with Crippen molar-refractivity contribution in [2.24, 2.45) is 7.05 Å². The van der Waals surface area contributed by atoms with Gasteiger partial charge in [0.2, 0.25) is 10.0 Å². The van der Waals surface area contributed by atoms with Crippen molar-refractivity contribution in [2.45, 2.75) is 37.1 Å². The van der Waals surface area contributed by atoms with Gasteiger partial charge in [-0.25, -0.2) is 12.8 Å². The largest absolute Gasteiger partial charge is 0.338 e. The highest BCUT2D eigenvalue weighted by atomic mass is 32.2. The second kappa shape index (κ2) is 8.00. The van der Waals surface area contributed by atoms with E-state index in [-0.39, 0.29) is 16.8 Å². The van der Waals surface area contributed by atoms with Gasteiger partial charge >= 0.3 is 0 Å². The summed E-state index contributed by atoms with van der Waals surface area (Å²) >= 11 is 0. The lowest BCUT2D eigenvalue weighted by Gasteiger charge is -2.26. The van der Waals surface area contributed by atoms with Gasteiger partial charge in [0.1, 0.15) is 5.82 Å². The van der Waals surface area contributed by atoms with Gasteiger partial charge in [-0.2, -0.15) is 9.40 Å². The molecule has 7 nitrogen and oxygen atoms in total. The molecule has 1 fully saturated rings. The molecule has 28 heavy (non-hydrogen) atoms. The topological polar surface area (TPSA) is 75.5 Å². The first kappa shape index (κ1) is 20.5. The van der Waals surface area contributed by atoms with Gasteiger partial charge in [-0.05, 0) is 44.4 Å². The van der Waals surface area contributed by atoms with Crippen LogP contribution in [-0.2, 0) is 17.1 Å². The fourth-order valence-corrected chi connectivity index (χ4v) is 5.06. The zero-order valence-corrected chi connectivity index (χ0v) is 17.1. The van der Waals surface area contributed by atoms with Gasteiger partial charge in [0.25, 0.3) is 5.91 Å². The van der Waals surface area contributed by atoms with Crippen LogP contribution in [0.25, 0.3) is 0 Å². The lowest BCUT2D eigenvalue weighted by molar-refractivity contribution is 0.0759. The van der Waals surface area contributed by atoms with Crippen molar-refractivity contribution in [1.82, 2.24) is 19.0 Å². The Labute approximate surface area is 164 Å². The van der Waals surface area contributed by atoms with Crippen LogP contribution in [0.5, 0.6) is 0 Å². The standard InChI is InChI=1S/C19H25FN4O3S/c1-14-18(13-22(2)21-14)19(25)24-10-5-7-16(9-11-24)23(3)28(26,27)17-8-4-6-15(20)12-17/h4,6,8,12-13,16H,5,7,9-11H2,1-3H3. The molecule has 1 aromatic carbocycles. The molecule has 2 heterocycles. The molecule has 0 N–H and O–H groups in total. The van der Waals surface area contributed by atoms with Crippen molar-refractivity contribution in [3.8, 4) is 0 Å². The van der Waals surface area contributed by atoms with E-state index in [4.69, 9.17) is 0 Å². The quantitative estimate of drug-likeness (QED) is 0.777. The Balaban J connectivity index is 1.72. The minimum atomic E-state index is -3.79. The molecule has 0 aliphatic carbocycles. The number of sulfonamides is 1. The first-order valence-electron chi connectivity index (χ1n) is 9.23. The minimum absolute atomic E-state index is 0.0573. The van der Waals surface area contributed by atoms with Gasteiger partial charge < -0.3 is 4.90 Å². The van der Waals surface area contributed by atoms with Crippen LogP contribution in [0.3, 0.4) is 0 Å². The van der Waals surface area contributed by atoms with Crippen molar-refractivity contribution in [1.29, 1.82) is 0 Å². The number of benzene rings is 1. The number of rotatable bonds is 4. The minimum Gasteiger partial charge on any atom is -0.338 e. The van der Waals surface area contributed by atoms with Crippen LogP contribution in [0.15, 0.2) is 35.4 Å². The van der Waals surface area contributed by atoms with Gasteiger partial charge in [0, 0.05) is 39.4 Å². The molecule has 0 bridgehead atoms. The molecule has 1 aliphatic heterocycles. The molecule has 9 heteroatoms. The van der Waals surface area contributed by atoms with Gasteiger partial charge in [-0.15, -0.1) is 0 Å². The zero-order chi connectivity index (χ0) is 20.5. The number of nitrogens with zero attached hydrogens (tertiary/aromatic N) is 4. The third-order valence-electron chi connectivity index (χ3n) is 5.22. The average molecular weight is 408 g/mol. The molecular weight excluding hydrogens is 383 g/mol. The third kappa shape index (κ3) is 4.10. The summed E-state index contributed by atoms with van der Waals surface area (Å²) in [6.07, 6.45) is 3.57. The molecule has 1 saturated heterocycles. The predicted molar refractivity (Wildman–Crippen MR) is 103 cm³/mol. The SMILES string of the molecule is Cc1nn(C)cc1C(=O)N1CCCC(N(C)S(=O)(=O)c2cccc(F)c2)CC1. The first-order valence-corrected chi connectivity index (χ1v) is 10.7. The second-order valence-electron chi connectivity index (χ2n) is 7.16. The van der Waals surface area contributed by atoms with E-state index in [1.165, 1.54) is 29.6 Å². The maximum Gasteiger partial charge on any atom is 0.257 e. The zero-order valence-electron chi connectivity index (χ0n) is 16.3. The average Bonchev–Trinajstić information content (AvgIpc) is 2.85. The Kier molecular flexibility index (Phi) is 5.85. The molecule has 1 aliphatic rings. The number of aromatic nitrogens is 2. The Morgan fingerprint density at radius 2 is 2.04 bits per heavy atom. The summed E-state index contributed by atoms with van der Waals surface area (Å²) in [5.74, 6) is -0.666. The molecule has 3 rings (SSSR count). The number of likely N-dealkylation sites (tertiary alicyclic amines) is 1. The van der Waals surface area contributed by atoms with Gasteiger partial charge in [-0.1, -0.05) is 6.07 Å². The van der Waals surface area contributed by atoms with Gasteiger partial charge in [-0.3, -0.25) is 9.48 Å². The summed E-state index contributed by atoms with van der Waals surface area (Å²) < 4.78 is 42.1. The van der Waals surface area contributed by atoms with E-state index in [1.807, 2.05) is 0 Å². The van der Waals surface area contributed by atoms with Gasteiger partial charge in [0.05, 0.1) is 16.2 Å². The summed E-state index contributed by atoms with van der Waals surface area (Å²) in [6.45, 7) is 2.82. The summed E-state index contributed by atoms with van der Waals surface area (Å²) in [5.41, 5.74) is 1.25. The van der Waals surface area contributed by atoms with Gasteiger partial charge in [0.15, 0.2) is 0 Å². The number of hydrogen-bond donors (Lipinski definition) is 0. The Morgan fingerprint density at radius 3 is 2.68 bits per heavy atom. The van der Waals surface area contributed by atoms with E-state index in [2.05, 4.69) is 5.10 Å².